The molecule has 258 valence electrons. The van der Waals surface area contributed by atoms with Gasteiger partial charge in [-0.1, -0.05) is 97.8 Å². The Morgan fingerprint density at radius 2 is 1.07 bits per heavy atom. The van der Waals surface area contributed by atoms with Gasteiger partial charge in [0, 0.05) is 25.9 Å². The van der Waals surface area contributed by atoms with Crippen molar-refractivity contribution in [2.75, 3.05) is 13.2 Å². The van der Waals surface area contributed by atoms with Crippen LogP contribution in [0.25, 0.3) is 0 Å². The molecule has 1 heterocycles. The third-order valence-electron chi connectivity index (χ3n) is 8.63. The number of hydrogen-bond acceptors (Lipinski definition) is 7. The van der Waals surface area contributed by atoms with Gasteiger partial charge in [-0.2, -0.15) is 0 Å². The van der Waals surface area contributed by atoms with Gasteiger partial charge in [0.05, 0.1) is 12.7 Å². The number of carbonyl (C=O) groups excluding carboxylic acids is 3. The first kappa shape index (κ1) is 40.4. The van der Waals surface area contributed by atoms with E-state index in [9.17, 15) is 14.4 Å². The molecule has 0 bridgehead atoms. The van der Waals surface area contributed by atoms with Crippen LogP contribution in [0.3, 0.4) is 0 Å². The summed E-state index contributed by atoms with van der Waals surface area (Å²) in [5, 5.41) is 0. The van der Waals surface area contributed by atoms with E-state index in [0.29, 0.717) is 51.6 Å². The van der Waals surface area contributed by atoms with E-state index >= 15 is 0 Å². The summed E-state index contributed by atoms with van der Waals surface area (Å²) in [6, 6.07) is 0. The van der Waals surface area contributed by atoms with E-state index in [1.807, 2.05) is 0 Å². The minimum Gasteiger partial charge on any atom is -0.466 e. The van der Waals surface area contributed by atoms with Crippen molar-refractivity contribution in [1.29, 1.82) is 0 Å². The number of carbonyl (C=O) groups is 3. The van der Waals surface area contributed by atoms with E-state index in [1.165, 1.54) is 44.9 Å². The molecule has 3 atom stereocenters. The third kappa shape index (κ3) is 23.7. The molecule has 0 amide bonds. The van der Waals surface area contributed by atoms with E-state index in [4.69, 9.17) is 18.9 Å². The van der Waals surface area contributed by atoms with Crippen molar-refractivity contribution in [3.05, 3.63) is 0 Å². The fraction of sp³-hybridized carbons (Fsp3) is 0.919. The Kier molecular flexibility index (Phi) is 26.5. The molecule has 0 N–H and O–H groups in total. The lowest BCUT2D eigenvalue weighted by Gasteiger charge is -2.23. The molecule has 0 aliphatic carbocycles. The number of rotatable bonds is 30. The topological polar surface area (TPSA) is 88.1 Å². The Morgan fingerprint density at radius 1 is 0.591 bits per heavy atom. The summed E-state index contributed by atoms with van der Waals surface area (Å²) >= 11 is 0. The van der Waals surface area contributed by atoms with Gasteiger partial charge >= 0.3 is 17.9 Å². The maximum absolute atomic E-state index is 12.7. The summed E-state index contributed by atoms with van der Waals surface area (Å²) in [4.78, 5) is 37.6. The van der Waals surface area contributed by atoms with Gasteiger partial charge in [0.25, 0.3) is 0 Å². The zero-order valence-electron chi connectivity index (χ0n) is 28.9. The van der Waals surface area contributed by atoms with Gasteiger partial charge in [-0.3, -0.25) is 14.4 Å². The van der Waals surface area contributed by atoms with Crippen molar-refractivity contribution in [3.8, 4) is 0 Å². The van der Waals surface area contributed by atoms with E-state index < -0.39 is 0 Å². The molecule has 1 aliphatic rings. The Bertz CT molecular complexity index is 704. The Balaban J connectivity index is 2.62. The highest BCUT2D eigenvalue weighted by atomic mass is 16.6. The molecule has 7 heteroatoms. The highest BCUT2D eigenvalue weighted by Crippen LogP contribution is 2.23. The zero-order valence-corrected chi connectivity index (χ0v) is 28.9. The first-order valence-corrected chi connectivity index (χ1v) is 18.6. The summed E-state index contributed by atoms with van der Waals surface area (Å²) in [5.41, 5.74) is 0. The van der Waals surface area contributed by atoms with Gasteiger partial charge in [0.1, 0.15) is 12.2 Å². The summed E-state index contributed by atoms with van der Waals surface area (Å²) < 4.78 is 23.3. The monoisotopic (exact) mass is 624 g/mol. The van der Waals surface area contributed by atoms with Gasteiger partial charge < -0.3 is 18.9 Å². The van der Waals surface area contributed by atoms with Crippen molar-refractivity contribution in [2.45, 2.75) is 206 Å². The average Bonchev–Trinajstić information content (AvgIpc) is 3.54. The summed E-state index contributed by atoms with van der Waals surface area (Å²) in [6.07, 6.45) is 23.9. The maximum atomic E-state index is 12.7. The van der Waals surface area contributed by atoms with Gasteiger partial charge in [-0.05, 0) is 70.6 Å². The lowest BCUT2D eigenvalue weighted by molar-refractivity contribution is -0.154. The van der Waals surface area contributed by atoms with Gasteiger partial charge in [-0.15, -0.1) is 0 Å². The maximum Gasteiger partial charge on any atom is 0.306 e. The van der Waals surface area contributed by atoms with E-state index in [1.54, 1.807) is 0 Å². The fourth-order valence-corrected chi connectivity index (χ4v) is 5.82. The lowest BCUT2D eigenvalue weighted by atomic mass is 10.0. The molecule has 1 rings (SSSR count). The Labute approximate surface area is 270 Å². The Morgan fingerprint density at radius 3 is 1.55 bits per heavy atom. The first-order chi connectivity index (χ1) is 21.5. The van der Waals surface area contributed by atoms with Gasteiger partial charge in [-0.25, -0.2) is 0 Å². The van der Waals surface area contributed by atoms with Crippen LogP contribution >= 0.6 is 0 Å². The van der Waals surface area contributed by atoms with Crippen molar-refractivity contribution in [2.24, 2.45) is 0 Å². The molecular weight excluding hydrogens is 556 g/mol. The molecule has 1 saturated heterocycles. The molecule has 1 fully saturated rings. The molecule has 0 radical (unpaired) electrons. The van der Waals surface area contributed by atoms with Crippen LogP contribution in [0.5, 0.6) is 0 Å². The van der Waals surface area contributed by atoms with Crippen LogP contribution in [0.1, 0.15) is 188 Å². The van der Waals surface area contributed by atoms with Crippen molar-refractivity contribution in [1.82, 2.24) is 0 Å². The minimum atomic E-state index is -0.274. The number of hydrogen-bond donors (Lipinski definition) is 0. The van der Waals surface area contributed by atoms with Crippen LogP contribution in [0.2, 0.25) is 0 Å². The normalized spacial score (nSPS) is 16.0. The predicted octanol–water partition coefficient (Wildman–Crippen LogP) is 9.95. The van der Waals surface area contributed by atoms with E-state index in [2.05, 4.69) is 20.8 Å². The predicted molar refractivity (Wildman–Crippen MR) is 178 cm³/mol. The minimum absolute atomic E-state index is 0.124. The standard InChI is InChI=1S/C37H68O7/c1-4-7-10-13-16-23-35(38)42-31-20-22-33(43-36(39)24-17-14-11-8-5-2)28-29-34(27-26-32-21-19-30-41-32)44-37(40)25-18-15-12-9-6-3/h32-34H,4-31H2,1-3H3/t32-,33-,34-/m0/s1. The van der Waals surface area contributed by atoms with Crippen molar-refractivity contribution < 1.29 is 33.3 Å². The number of ether oxygens (including phenoxy) is 4. The van der Waals surface area contributed by atoms with Gasteiger partial charge in [0.2, 0.25) is 0 Å². The molecule has 0 aromatic carbocycles. The second-order valence-corrected chi connectivity index (χ2v) is 12.9. The summed E-state index contributed by atoms with van der Waals surface area (Å²) in [7, 11) is 0. The number of esters is 3. The third-order valence-corrected chi connectivity index (χ3v) is 8.63. The molecule has 0 unspecified atom stereocenters. The molecule has 0 spiro atoms. The zero-order chi connectivity index (χ0) is 32.1. The van der Waals surface area contributed by atoms with Crippen LogP contribution in [-0.2, 0) is 33.3 Å². The molecule has 0 aromatic rings. The molecule has 0 saturated carbocycles. The van der Waals surface area contributed by atoms with Crippen LogP contribution in [0.15, 0.2) is 0 Å². The molecule has 44 heavy (non-hydrogen) atoms. The average molecular weight is 625 g/mol. The highest BCUT2D eigenvalue weighted by Gasteiger charge is 2.23. The quantitative estimate of drug-likeness (QED) is 0.0446. The van der Waals surface area contributed by atoms with E-state index in [0.717, 1.165) is 83.7 Å². The SMILES string of the molecule is CCCCCCCC(=O)OCCC[C@@H](CC[C@H](CC[C@@H]1CCCO1)OC(=O)CCCCCCC)OC(=O)CCCCCCC. The van der Waals surface area contributed by atoms with Crippen LogP contribution < -0.4 is 0 Å². The summed E-state index contributed by atoms with van der Waals surface area (Å²) in [5.74, 6) is -0.422. The van der Waals surface area contributed by atoms with Gasteiger partial charge in [0.15, 0.2) is 0 Å². The molecule has 0 aromatic heterocycles. The number of unbranched alkanes of at least 4 members (excludes halogenated alkanes) is 12. The second-order valence-electron chi connectivity index (χ2n) is 12.9. The summed E-state index contributed by atoms with van der Waals surface area (Å²) in [6.45, 7) is 7.71. The van der Waals surface area contributed by atoms with Crippen LogP contribution in [-0.4, -0.2) is 49.4 Å². The van der Waals surface area contributed by atoms with Crippen molar-refractivity contribution in [3.63, 3.8) is 0 Å². The molecular formula is C37H68O7. The second kappa shape index (κ2) is 28.8. The van der Waals surface area contributed by atoms with E-state index in [-0.39, 0.29) is 36.2 Å². The van der Waals surface area contributed by atoms with Crippen LogP contribution in [0.4, 0.5) is 0 Å². The molecule has 1 aliphatic heterocycles. The largest absolute Gasteiger partial charge is 0.466 e. The Hall–Kier alpha value is -1.63. The fourth-order valence-electron chi connectivity index (χ4n) is 5.82. The van der Waals surface area contributed by atoms with Crippen LogP contribution in [0, 0.1) is 0 Å². The molecule has 7 nitrogen and oxygen atoms in total. The smallest absolute Gasteiger partial charge is 0.306 e. The highest BCUT2D eigenvalue weighted by molar-refractivity contribution is 5.70. The lowest BCUT2D eigenvalue weighted by Crippen LogP contribution is -2.25. The van der Waals surface area contributed by atoms with Crippen molar-refractivity contribution >= 4 is 17.9 Å². The first-order valence-electron chi connectivity index (χ1n) is 18.6.